The molecule has 0 saturated heterocycles. The lowest BCUT2D eigenvalue weighted by Gasteiger charge is -2.07. The molecule has 0 aromatic carbocycles. The molecular weight excluding hydrogens is 196 g/mol. The van der Waals surface area contributed by atoms with E-state index in [1.54, 1.807) is 6.92 Å². The molecule has 0 bridgehead atoms. The maximum atomic E-state index is 11.1. The van der Waals surface area contributed by atoms with Crippen molar-refractivity contribution < 1.29 is 14.6 Å². The Morgan fingerprint density at radius 2 is 2.00 bits per heavy atom. The molecule has 0 rings (SSSR count). The van der Waals surface area contributed by atoms with Crippen LogP contribution in [-0.2, 0) is 9.53 Å². The normalized spacial score (nSPS) is 12.2. The quantitative estimate of drug-likeness (QED) is 0.312. The molecule has 0 fully saturated rings. The second-order valence-electron chi connectivity index (χ2n) is 3.48. The zero-order valence-electron chi connectivity index (χ0n) is 9.16. The number of carbonyl (C=O) groups is 1. The Hall–Kier alpha value is -0.940. The van der Waals surface area contributed by atoms with Crippen molar-refractivity contribution in [3.05, 3.63) is 0 Å². The summed E-state index contributed by atoms with van der Waals surface area (Å²) in [6.45, 7) is 2.10. The first-order valence-electron chi connectivity index (χ1n) is 5.21. The molecule has 88 valence electrons. The molecule has 0 spiro atoms. The maximum absolute atomic E-state index is 11.1. The molecule has 0 aliphatic carbocycles. The van der Waals surface area contributed by atoms with Gasteiger partial charge in [0.2, 0.25) is 0 Å². The molecule has 1 unspecified atom stereocenters. The number of hydrogen-bond acceptors (Lipinski definition) is 5. The number of aliphatic hydroxyl groups is 1. The van der Waals surface area contributed by atoms with E-state index in [1.807, 2.05) is 0 Å². The van der Waals surface area contributed by atoms with Gasteiger partial charge in [-0.15, -0.1) is 0 Å². The lowest BCUT2D eigenvalue weighted by atomic mass is 10.2. The van der Waals surface area contributed by atoms with Gasteiger partial charge in [-0.3, -0.25) is 5.41 Å². The Morgan fingerprint density at radius 1 is 1.40 bits per heavy atom. The number of hydrogen-bond donors (Lipinski definition) is 3. The van der Waals surface area contributed by atoms with E-state index in [2.05, 4.69) is 0 Å². The molecule has 0 aromatic rings. The lowest BCUT2D eigenvalue weighted by Crippen LogP contribution is -2.33. The molecule has 1 atom stereocenters. The third kappa shape index (κ3) is 7.04. The van der Waals surface area contributed by atoms with Gasteiger partial charge in [0.15, 0.2) is 0 Å². The monoisotopic (exact) mass is 216 g/mol. The van der Waals surface area contributed by atoms with E-state index in [9.17, 15) is 4.79 Å². The van der Waals surface area contributed by atoms with Crippen molar-refractivity contribution in [2.75, 3.05) is 13.2 Å². The van der Waals surface area contributed by atoms with Crippen LogP contribution in [0.25, 0.3) is 0 Å². The minimum absolute atomic E-state index is 0.189. The smallest absolute Gasteiger partial charge is 0.353 e. The summed E-state index contributed by atoms with van der Waals surface area (Å²) in [5.41, 5.74) is 5.16. The second-order valence-corrected chi connectivity index (χ2v) is 3.48. The highest BCUT2D eigenvalue weighted by atomic mass is 16.5. The van der Waals surface area contributed by atoms with Gasteiger partial charge in [0.05, 0.1) is 12.6 Å². The van der Waals surface area contributed by atoms with Gasteiger partial charge in [-0.2, -0.15) is 0 Å². The first-order chi connectivity index (χ1) is 7.09. The van der Waals surface area contributed by atoms with Gasteiger partial charge in [-0.25, -0.2) is 4.79 Å². The van der Waals surface area contributed by atoms with Gasteiger partial charge < -0.3 is 15.6 Å². The van der Waals surface area contributed by atoms with E-state index in [0.717, 1.165) is 25.7 Å². The predicted octanol–water partition coefficient (Wildman–Crippen LogP) is 0.449. The predicted molar refractivity (Wildman–Crippen MR) is 57.9 cm³/mol. The van der Waals surface area contributed by atoms with Crippen LogP contribution in [0.4, 0.5) is 0 Å². The maximum Gasteiger partial charge on any atom is 0.353 e. The van der Waals surface area contributed by atoms with Gasteiger partial charge >= 0.3 is 5.97 Å². The summed E-state index contributed by atoms with van der Waals surface area (Å²) < 4.78 is 4.84. The molecule has 0 saturated carbocycles. The van der Waals surface area contributed by atoms with Crippen LogP contribution >= 0.6 is 0 Å². The third-order valence-electron chi connectivity index (χ3n) is 1.96. The number of carbonyl (C=O) groups excluding carboxylic acids is 1. The van der Waals surface area contributed by atoms with Crippen molar-refractivity contribution in [2.24, 2.45) is 5.73 Å². The SMILES string of the molecule is CC(N)C(=N)C(=O)OCCCCCCO. The van der Waals surface area contributed by atoms with Crippen molar-refractivity contribution in [2.45, 2.75) is 38.6 Å². The molecule has 0 aliphatic heterocycles. The largest absolute Gasteiger partial charge is 0.461 e. The molecule has 5 heteroatoms. The zero-order valence-corrected chi connectivity index (χ0v) is 9.16. The summed E-state index contributed by atoms with van der Waals surface area (Å²) in [7, 11) is 0. The lowest BCUT2D eigenvalue weighted by molar-refractivity contribution is -0.135. The molecule has 0 radical (unpaired) electrons. The summed E-state index contributed by atoms with van der Waals surface area (Å²) in [5, 5.41) is 15.8. The van der Waals surface area contributed by atoms with Crippen molar-refractivity contribution in [1.29, 1.82) is 5.41 Å². The minimum atomic E-state index is -0.632. The van der Waals surface area contributed by atoms with Crippen molar-refractivity contribution in [1.82, 2.24) is 0 Å². The van der Waals surface area contributed by atoms with Gasteiger partial charge in [0, 0.05) is 6.61 Å². The number of ether oxygens (including phenoxy) is 1. The number of rotatable bonds is 8. The third-order valence-corrected chi connectivity index (χ3v) is 1.96. The average molecular weight is 216 g/mol. The fourth-order valence-corrected chi connectivity index (χ4v) is 0.996. The van der Waals surface area contributed by atoms with Crippen LogP contribution in [-0.4, -0.2) is 36.0 Å². The van der Waals surface area contributed by atoms with Crippen LogP contribution in [0.5, 0.6) is 0 Å². The topological polar surface area (TPSA) is 96.4 Å². The molecule has 15 heavy (non-hydrogen) atoms. The highest BCUT2D eigenvalue weighted by Crippen LogP contribution is 1.99. The first kappa shape index (κ1) is 14.1. The summed E-state index contributed by atoms with van der Waals surface area (Å²) in [6.07, 6.45) is 3.39. The van der Waals surface area contributed by atoms with Crippen LogP contribution in [0.15, 0.2) is 0 Å². The van der Waals surface area contributed by atoms with E-state index in [0.29, 0.717) is 6.61 Å². The molecule has 0 amide bonds. The summed E-state index contributed by atoms with van der Waals surface area (Å²) in [4.78, 5) is 11.1. The van der Waals surface area contributed by atoms with E-state index < -0.39 is 12.0 Å². The summed E-state index contributed by atoms with van der Waals surface area (Å²) in [6, 6.07) is -0.577. The Morgan fingerprint density at radius 3 is 2.53 bits per heavy atom. The molecule has 0 aromatic heterocycles. The highest BCUT2D eigenvalue weighted by molar-refractivity contribution is 6.37. The zero-order chi connectivity index (χ0) is 11.7. The molecule has 5 nitrogen and oxygen atoms in total. The summed E-state index contributed by atoms with van der Waals surface area (Å²) in [5.74, 6) is -0.632. The molecular formula is C10H20N2O3. The van der Waals surface area contributed by atoms with E-state index >= 15 is 0 Å². The highest BCUT2D eigenvalue weighted by Gasteiger charge is 2.14. The minimum Gasteiger partial charge on any atom is -0.461 e. The number of aliphatic hydroxyl groups excluding tert-OH is 1. The molecule has 0 aliphatic rings. The van der Waals surface area contributed by atoms with Crippen molar-refractivity contribution in [3.8, 4) is 0 Å². The van der Waals surface area contributed by atoms with Crippen LogP contribution < -0.4 is 5.73 Å². The fourth-order valence-electron chi connectivity index (χ4n) is 0.996. The number of unbranched alkanes of at least 4 members (excludes halogenated alkanes) is 3. The van der Waals surface area contributed by atoms with E-state index in [-0.39, 0.29) is 12.3 Å². The van der Waals surface area contributed by atoms with Crippen LogP contribution in [0.2, 0.25) is 0 Å². The van der Waals surface area contributed by atoms with Crippen LogP contribution in [0.1, 0.15) is 32.6 Å². The fraction of sp³-hybridized carbons (Fsp3) is 0.800. The van der Waals surface area contributed by atoms with Crippen LogP contribution in [0, 0.1) is 5.41 Å². The number of nitrogens with one attached hydrogen (secondary N) is 1. The average Bonchev–Trinajstić information content (AvgIpc) is 2.21. The Bertz CT molecular complexity index is 205. The van der Waals surface area contributed by atoms with E-state index in [4.69, 9.17) is 21.0 Å². The standard InChI is InChI=1S/C10H20N2O3/c1-8(11)9(12)10(14)15-7-5-3-2-4-6-13/h8,12-13H,2-7,11H2,1H3. The van der Waals surface area contributed by atoms with E-state index in [1.165, 1.54) is 0 Å². The van der Waals surface area contributed by atoms with Gasteiger partial charge in [-0.05, 0) is 26.2 Å². The second kappa shape index (κ2) is 8.38. The summed E-state index contributed by atoms with van der Waals surface area (Å²) >= 11 is 0. The molecule has 4 N–H and O–H groups in total. The Kier molecular flexibility index (Phi) is 7.85. The van der Waals surface area contributed by atoms with Gasteiger partial charge in [0.1, 0.15) is 5.71 Å². The first-order valence-corrected chi connectivity index (χ1v) is 5.21. The Balaban J connectivity index is 3.43. The number of esters is 1. The van der Waals surface area contributed by atoms with Crippen molar-refractivity contribution in [3.63, 3.8) is 0 Å². The van der Waals surface area contributed by atoms with Gasteiger partial charge in [-0.1, -0.05) is 6.42 Å². The van der Waals surface area contributed by atoms with Crippen molar-refractivity contribution >= 4 is 11.7 Å². The molecule has 0 heterocycles. The Labute approximate surface area is 90.1 Å². The van der Waals surface area contributed by atoms with Crippen LogP contribution in [0.3, 0.4) is 0 Å². The number of nitrogens with two attached hydrogens (primary N) is 1. The van der Waals surface area contributed by atoms with Gasteiger partial charge in [0.25, 0.3) is 0 Å².